The number of nitrogens with zero attached hydrogens (tertiary/aromatic N) is 2. The van der Waals surface area contributed by atoms with Gasteiger partial charge in [-0.2, -0.15) is 0 Å². The maximum absolute atomic E-state index is 12.4. The minimum atomic E-state index is -0.171. The molecule has 4 nitrogen and oxygen atoms in total. The number of hydrogen-bond donors (Lipinski definition) is 1. The Bertz CT molecular complexity index is 587. The van der Waals surface area contributed by atoms with E-state index in [2.05, 4.69) is 4.98 Å². The van der Waals surface area contributed by atoms with Crippen LogP contribution in [0.15, 0.2) is 42.7 Å². The van der Waals surface area contributed by atoms with E-state index in [9.17, 15) is 9.90 Å². The van der Waals surface area contributed by atoms with Crippen LogP contribution in [0.4, 0.5) is 5.69 Å². The molecule has 5 heteroatoms. The highest BCUT2D eigenvalue weighted by Crippen LogP contribution is 2.25. The summed E-state index contributed by atoms with van der Waals surface area (Å²) >= 11 is 5.82. The zero-order valence-corrected chi connectivity index (χ0v) is 11.1. The van der Waals surface area contributed by atoms with E-state index in [-0.39, 0.29) is 16.7 Å². The van der Waals surface area contributed by atoms with Gasteiger partial charge in [-0.15, -0.1) is 0 Å². The van der Waals surface area contributed by atoms with Gasteiger partial charge in [0.05, 0.1) is 5.02 Å². The Hall–Kier alpha value is -2.07. The number of rotatable bonds is 3. The number of benzene rings is 1. The summed E-state index contributed by atoms with van der Waals surface area (Å²) in [6.07, 6.45) is 3.27. The second kappa shape index (κ2) is 5.71. The molecular formula is C14H13ClN2O2. The fourth-order valence-corrected chi connectivity index (χ4v) is 1.94. The van der Waals surface area contributed by atoms with Crippen LogP contribution in [0.5, 0.6) is 5.75 Å². The molecule has 1 amide bonds. The van der Waals surface area contributed by atoms with Gasteiger partial charge in [-0.1, -0.05) is 11.6 Å². The van der Waals surface area contributed by atoms with E-state index in [1.54, 1.807) is 35.5 Å². The van der Waals surface area contributed by atoms with Crippen LogP contribution >= 0.6 is 11.6 Å². The first-order valence-electron chi connectivity index (χ1n) is 5.84. The molecule has 1 aromatic heterocycles. The van der Waals surface area contributed by atoms with E-state index in [0.29, 0.717) is 12.1 Å². The molecule has 0 fully saturated rings. The molecule has 0 atom stereocenters. The predicted octanol–water partition coefficient (Wildman–Crippen LogP) is 3.11. The lowest BCUT2D eigenvalue weighted by molar-refractivity contribution is 0.0988. The normalized spacial score (nSPS) is 10.2. The van der Waals surface area contributed by atoms with E-state index in [4.69, 9.17) is 11.6 Å². The van der Waals surface area contributed by atoms with Gasteiger partial charge >= 0.3 is 0 Å². The maximum atomic E-state index is 12.4. The highest BCUT2D eigenvalue weighted by molar-refractivity contribution is 6.32. The van der Waals surface area contributed by atoms with Crippen LogP contribution in [0, 0.1) is 0 Å². The van der Waals surface area contributed by atoms with Crippen LogP contribution in [0.25, 0.3) is 0 Å². The van der Waals surface area contributed by atoms with E-state index >= 15 is 0 Å². The molecule has 0 saturated carbocycles. The van der Waals surface area contributed by atoms with Crippen molar-refractivity contribution in [2.24, 2.45) is 0 Å². The van der Waals surface area contributed by atoms with Gasteiger partial charge in [0.2, 0.25) is 0 Å². The third kappa shape index (κ3) is 2.85. The molecule has 0 bridgehead atoms. The SMILES string of the molecule is CCN(C(=O)c1ccc(O)c(Cl)c1)c1ccncc1. The first-order chi connectivity index (χ1) is 9.13. The molecule has 1 N–H and O–H groups in total. The van der Waals surface area contributed by atoms with Crippen molar-refractivity contribution in [2.75, 3.05) is 11.4 Å². The molecule has 19 heavy (non-hydrogen) atoms. The average Bonchev–Trinajstić information content (AvgIpc) is 2.44. The molecular weight excluding hydrogens is 264 g/mol. The Kier molecular flexibility index (Phi) is 4.02. The second-order valence-corrected chi connectivity index (χ2v) is 4.33. The third-order valence-corrected chi connectivity index (χ3v) is 3.03. The lowest BCUT2D eigenvalue weighted by Gasteiger charge is -2.21. The lowest BCUT2D eigenvalue weighted by Crippen LogP contribution is -2.30. The van der Waals surface area contributed by atoms with Gasteiger partial charge in [-0.25, -0.2) is 0 Å². The number of phenolic OH excluding ortho intramolecular Hbond substituents is 1. The Morgan fingerprint density at radius 1 is 1.32 bits per heavy atom. The molecule has 0 saturated heterocycles. The molecule has 0 aliphatic carbocycles. The quantitative estimate of drug-likeness (QED) is 0.937. The smallest absolute Gasteiger partial charge is 0.258 e. The zero-order valence-electron chi connectivity index (χ0n) is 10.4. The Morgan fingerprint density at radius 3 is 2.58 bits per heavy atom. The average molecular weight is 277 g/mol. The van der Waals surface area contributed by atoms with E-state index in [0.717, 1.165) is 5.69 Å². The molecule has 1 heterocycles. The highest BCUT2D eigenvalue weighted by Gasteiger charge is 2.16. The number of carbonyl (C=O) groups excluding carboxylic acids is 1. The minimum Gasteiger partial charge on any atom is -0.506 e. The maximum Gasteiger partial charge on any atom is 0.258 e. The van der Waals surface area contributed by atoms with Gasteiger partial charge in [0.1, 0.15) is 5.75 Å². The summed E-state index contributed by atoms with van der Waals surface area (Å²) in [5, 5.41) is 9.54. The minimum absolute atomic E-state index is 0.0369. The fraction of sp³-hybridized carbons (Fsp3) is 0.143. The van der Waals surface area contributed by atoms with Crippen molar-refractivity contribution in [3.63, 3.8) is 0 Å². The van der Waals surface area contributed by atoms with Crippen molar-refractivity contribution < 1.29 is 9.90 Å². The molecule has 2 rings (SSSR count). The second-order valence-electron chi connectivity index (χ2n) is 3.92. The van der Waals surface area contributed by atoms with E-state index in [1.807, 2.05) is 6.92 Å². The molecule has 0 aliphatic heterocycles. The molecule has 0 aliphatic rings. The number of halogens is 1. The number of anilines is 1. The summed E-state index contributed by atoms with van der Waals surface area (Å²) < 4.78 is 0. The first-order valence-corrected chi connectivity index (χ1v) is 6.21. The summed E-state index contributed by atoms with van der Waals surface area (Å²) in [5.41, 5.74) is 1.20. The third-order valence-electron chi connectivity index (χ3n) is 2.73. The molecule has 0 radical (unpaired) electrons. The number of aromatic hydroxyl groups is 1. The van der Waals surface area contributed by atoms with E-state index in [1.165, 1.54) is 12.1 Å². The predicted molar refractivity (Wildman–Crippen MR) is 74.7 cm³/mol. The summed E-state index contributed by atoms with van der Waals surface area (Å²) in [5.74, 6) is -0.208. The van der Waals surface area contributed by atoms with Gasteiger partial charge in [-0.05, 0) is 37.3 Å². The molecule has 0 unspecified atom stereocenters. The van der Waals surface area contributed by atoms with Crippen LogP contribution in [-0.4, -0.2) is 22.5 Å². The van der Waals surface area contributed by atoms with Gasteiger partial charge in [0.25, 0.3) is 5.91 Å². The largest absolute Gasteiger partial charge is 0.506 e. The summed E-state index contributed by atoms with van der Waals surface area (Å²) in [6, 6.07) is 7.96. The van der Waals surface area contributed by atoms with Crippen LogP contribution in [-0.2, 0) is 0 Å². The van der Waals surface area contributed by atoms with Crippen molar-refractivity contribution in [1.29, 1.82) is 0 Å². The number of amides is 1. The molecule has 0 spiro atoms. The Balaban J connectivity index is 2.33. The van der Waals surface area contributed by atoms with Crippen LogP contribution in [0.3, 0.4) is 0 Å². The van der Waals surface area contributed by atoms with Crippen LogP contribution in [0.1, 0.15) is 17.3 Å². The van der Waals surface area contributed by atoms with Gasteiger partial charge in [0.15, 0.2) is 0 Å². The molecule has 98 valence electrons. The number of aromatic nitrogens is 1. The zero-order chi connectivity index (χ0) is 13.8. The van der Waals surface area contributed by atoms with Crippen molar-refractivity contribution in [3.8, 4) is 5.75 Å². The van der Waals surface area contributed by atoms with Crippen LogP contribution in [0.2, 0.25) is 5.02 Å². The van der Waals surface area contributed by atoms with Crippen molar-refractivity contribution in [3.05, 3.63) is 53.3 Å². The molecule has 2 aromatic rings. The highest BCUT2D eigenvalue weighted by atomic mass is 35.5. The Morgan fingerprint density at radius 2 is 2.00 bits per heavy atom. The lowest BCUT2D eigenvalue weighted by atomic mass is 10.1. The number of carbonyl (C=O) groups is 1. The first kappa shape index (κ1) is 13.4. The van der Waals surface area contributed by atoms with Crippen molar-refractivity contribution in [1.82, 2.24) is 4.98 Å². The fourth-order valence-electron chi connectivity index (χ4n) is 1.76. The summed E-state index contributed by atoms with van der Waals surface area (Å²) in [4.78, 5) is 17.9. The standard InChI is InChI=1S/C14H13ClN2O2/c1-2-17(11-5-7-16-8-6-11)14(19)10-3-4-13(18)12(15)9-10/h3-9,18H,2H2,1H3. The molecule has 1 aromatic carbocycles. The number of pyridine rings is 1. The number of hydrogen-bond acceptors (Lipinski definition) is 3. The van der Waals surface area contributed by atoms with Crippen molar-refractivity contribution in [2.45, 2.75) is 6.92 Å². The summed E-state index contributed by atoms with van der Waals surface area (Å²) in [6.45, 7) is 2.42. The van der Waals surface area contributed by atoms with Crippen LogP contribution < -0.4 is 4.90 Å². The van der Waals surface area contributed by atoms with Crippen molar-refractivity contribution >= 4 is 23.2 Å². The van der Waals surface area contributed by atoms with Gasteiger partial charge in [0, 0.05) is 30.2 Å². The number of phenols is 1. The van der Waals surface area contributed by atoms with Gasteiger partial charge in [-0.3, -0.25) is 9.78 Å². The Labute approximate surface area is 116 Å². The van der Waals surface area contributed by atoms with Gasteiger partial charge < -0.3 is 10.0 Å². The summed E-state index contributed by atoms with van der Waals surface area (Å²) in [7, 11) is 0. The van der Waals surface area contributed by atoms with E-state index < -0.39 is 0 Å². The topological polar surface area (TPSA) is 53.4 Å². The monoisotopic (exact) mass is 276 g/mol.